The molecule has 0 unspecified atom stereocenters. The lowest BCUT2D eigenvalue weighted by molar-refractivity contribution is -0.129. The summed E-state index contributed by atoms with van der Waals surface area (Å²) in [6.45, 7) is 2.97. The monoisotopic (exact) mass is 138 g/mol. The number of rotatable bonds is 0. The lowest BCUT2D eigenvalue weighted by Gasteiger charge is -2.35. The van der Waals surface area contributed by atoms with Gasteiger partial charge in [-0.25, -0.2) is 0 Å². The van der Waals surface area contributed by atoms with E-state index in [1.807, 2.05) is 0 Å². The van der Waals surface area contributed by atoms with Gasteiger partial charge in [0, 0.05) is 19.1 Å². The van der Waals surface area contributed by atoms with E-state index in [4.69, 9.17) is 5.73 Å². The molecular weight excluding hydrogens is 128 g/mol. The second-order valence-electron chi connectivity index (χ2n) is 2.35. The minimum Gasteiger partial charge on any atom is -0.329 e. The van der Waals surface area contributed by atoms with E-state index in [1.54, 1.807) is 11.8 Å². The highest BCUT2D eigenvalue weighted by molar-refractivity contribution is 5.94. The van der Waals surface area contributed by atoms with Gasteiger partial charge in [0.15, 0.2) is 0 Å². The zero-order valence-corrected chi connectivity index (χ0v) is 5.92. The summed E-state index contributed by atoms with van der Waals surface area (Å²) in [7, 11) is 0. The lowest BCUT2D eigenvalue weighted by Crippen LogP contribution is -2.57. The Balaban J connectivity index is 2.36. The molecule has 54 valence electrons. The topological polar surface area (TPSA) is 46.3 Å². The highest BCUT2D eigenvalue weighted by atomic mass is 16.2. The molecule has 0 bridgehead atoms. The molecule has 1 rings (SSSR count). The molecule has 3 nitrogen and oxygen atoms in total. The molecule has 10 heavy (non-hydrogen) atoms. The Morgan fingerprint density at radius 2 is 2.30 bits per heavy atom. The Kier molecular flexibility index (Phi) is 1.93. The normalized spacial score (nSPS) is 17.2. The molecule has 0 spiro atoms. The molecule has 1 amide bonds. The van der Waals surface area contributed by atoms with Gasteiger partial charge in [-0.1, -0.05) is 5.92 Å². The Morgan fingerprint density at radius 3 is 2.70 bits per heavy atom. The molecule has 1 heterocycles. The predicted octanol–water partition coefficient (Wildman–Crippen LogP) is -0.821. The van der Waals surface area contributed by atoms with Gasteiger partial charge in [-0.2, -0.15) is 0 Å². The van der Waals surface area contributed by atoms with Crippen LogP contribution in [0, 0.1) is 11.8 Å². The summed E-state index contributed by atoms with van der Waals surface area (Å²) in [5.41, 5.74) is 5.46. The SMILES string of the molecule is CC#CC(=O)N1CC(N)C1. The highest BCUT2D eigenvalue weighted by Crippen LogP contribution is 2.03. The minimum absolute atomic E-state index is 0.107. The number of carbonyl (C=O) groups excluding carboxylic acids is 1. The van der Waals surface area contributed by atoms with Crippen molar-refractivity contribution in [2.24, 2.45) is 5.73 Å². The summed E-state index contributed by atoms with van der Waals surface area (Å²) < 4.78 is 0. The van der Waals surface area contributed by atoms with Crippen LogP contribution in [0.3, 0.4) is 0 Å². The van der Waals surface area contributed by atoms with Crippen molar-refractivity contribution < 1.29 is 4.79 Å². The molecule has 0 saturated carbocycles. The van der Waals surface area contributed by atoms with Crippen LogP contribution in [-0.4, -0.2) is 29.9 Å². The van der Waals surface area contributed by atoms with Crippen molar-refractivity contribution in [3.63, 3.8) is 0 Å². The van der Waals surface area contributed by atoms with Crippen molar-refractivity contribution in [2.75, 3.05) is 13.1 Å². The van der Waals surface area contributed by atoms with Crippen LogP contribution in [0.5, 0.6) is 0 Å². The van der Waals surface area contributed by atoms with E-state index in [0.717, 1.165) is 0 Å². The summed E-state index contributed by atoms with van der Waals surface area (Å²) in [5, 5.41) is 0. The first-order chi connectivity index (χ1) is 4.74. The van der Waals surface area contributed by atoms with Crippen LogP contribution < -0.4 is 5.73 Å². The van der Waals surface area contributed by atoms with Crippen LogP contribution in [-0.2, 0) is 4.79 Å². The molecule has 0 aromatic carbocycles. The van der Waals surface area contributed by atoms with Crippen LogP contribution in [0.1, 0.15) is 6.92 Å². The minimum atomic E-state index is -0.107. The number of nitrogens with two attached hydrogens (primary N) is 1. The largest absolute Gasteiger partial charge is 0.329 e. The molecular formula is C7H10N2O. The van der Waals surface area contributed by atoms with Crippen molar-refractivity contribution in [1.29, 1.82) is 0 Å². The maximum atomic E-state index is 10.9. The number of hydrogen-bond acceptors (Lipinski definition) is 2. The van der Waals surface area contributed by atoms with Crippen molar-refractivity contribution in [3.8, 4) is 11.8 Å². The van der Waals surface area contributed by atoms with Gasteiger partial charge in [0.25, 0.3) is 5.91 Å². The van der Waals surface area contributed by atoms with Crippen molar-refractivity contribution in [1.82, 2.24) is 4.90 Å². The number of hydrogen-bond donors (Lipinski definition) is 1. The number of nitrogens with zero attached hydrogens (tertiary/aromatic N) is 1. The van der Waals surface area contributed by atoms with Gasteiger partial charge >= 0.3 is 0 Å². The zero-order valence-electron chi connectivity index (χ0n) is 5.92. The molecule has 0 radical (unpaired) electrons. The maximum Gasteiger partial charge on any atom is 0.298 e. The second kappa shape index (κ2) is 2.72. The summed E-state index contributed by atoms with van der Waals surface area (Å²) in [4.78, 5) is 12.5. The first-order valence-corrected chi connectivity index (χ1v) is 3.21. The van der Waals surface area contributed by atoms with Crippen LogP contribution in [0.25, 0.3) is 0 Å². The molecule has 1 aliphatic rings. The summed E-state index contributed by atoms with van der Waals surface area (Å²) in [6, 6.07) is 0.169. The smallest absolute Gasteiger partial charge is 0.298 e. The predicted molar refractivity (Wildman–Crippen MR) is 38.0 cm³/mol. The molecule has 2 N–H and O–H groups in total. The Labute approximate surface area is 60.2 Å². The van der Waals surface area contributed by atoms with Crippen molar-refractivity contribution in [2.45, 2.75) is 13.0 Å². The van der Waals surface area contributed by atoms with E-state index in [0.29, 0.717) is 13.1 Å². The number of carbonyl (C=O) groups is 1. The molecule has 0 aromatic heterocycles. The fourth-order valence-electron chi connectivity index (χ4n) is 0.864. The van der Waals surface area contributed by atoms with Gasteiger partial charge in [-0.05, 0) is 12.8 Å². The van der Waals surface area contributed by atoms with E-state index in [9.17, 15) is 4.79 Å². The van der Waals surface area contributed by atoms with E-state index in [1.165, 1.54) is 0 Å². The van der Waals surface area contributed by atoms with Gasteiger partial charge in [0.05, 0.1) is 0 Å². The third kappa shape index (κ3) is 1.28. The third-order valence-electron chi connectivity index (χ3n) is 1.43. The molecule has 0 atom stereocenters. The maximum absolute atomic E-state index is 10.9. The summed E-state index contributed by atoms with van der Waals surface area (Å²) in [5.74, 6) is 4.89. The summed E-state index contributed by atoms with van der Waals surface area (Å²) in [6.07, 6.45) is 0. The van der Waals surface area contributed by atoms with Gasteiger partial charge in [0.1, 0.15) is 0 Å². The molecule has 1 aliphatic heterocycles. The van der Waals surface area contributed by atoms with E-state index in [2.05, 4.69) is 11.8 Å². The van der Waals surface area contributed by atoms with Gasteiger partial charge in [-0.3, -0.25) is 4.79 Å². The fourth-order valence-corrected chi connectivity index (χ4v) is 0.864. The standard InChI is InChI=1S/C7H10N2O/c1-2-3-7(10)9-4-6(8)5-9/h6H,4-5,8H2,1H3. The Hall–Kier alpha value is -1.01. The molecule has 0 aliphatic carbocycles. The average Bonchev–Trinajstić information content (AvgIpc) is 1.82. The third-order valence-corrected chi connectivity index (χ3v) is 1.43. The quantitative estimate of drug-likeness (QED) is 0.444. The molecule has 0 aromatic rings. The van der Waals surface area contributed by atoms with Crippen LogP contribution in [0.15, 0.2) is 0 Å². The Bertz CT molecular complexity index is 195. The molecule has 1 saturated heterocycles. The van der Waals surface area contributed by atoms with Gasteiger partial charge in [-0.15, -0.1) is 0 Å². The van der Waals surface area contributed by atoms with E-state index < -0.39 is 0 Å². The van der Waals surface area contributed by atoms with E-state index in [-0.39, 0.29) is 11.9 Å². The van der Waals surface area contributed by atoms with E-state index >= 15 is 0 Å². The van der Waals surface area contributed by atoms with Gasteiger partial charge < -0.3 is 10.6 Å². The molecule has 1 fully saturated rings. The number of likely N-dealkylation sites (tertiary alicyclic amines) is 1. The average molecular weight is 138 g/mol. The van der Waals surface area contributed by atoms with Crippen molar-refractivity contribution >= 4 is 5.91 Å². The second-order valence-corrected chi connectivity index (χ2v) is 2.35. The van der Waals surface area contributed by atoms with Crippen molar-refractivity contribution in [3.05, 3.63) is 0 Å². The number of amides is 1. The Morgan fingerprint density at radius 1 is 1.70 bits per heavy atom. The fraction of sp³-hybridized carbons (Fsp3) is 0.571. The lowest BCUT2D eigenvalue weighted by atomic mass is 10.1. The first kappa shape index (κ1) is 7.10. The molecule has 3 heteroatoms. The highest BCUT2D eigenvalue weighted by Gasteiger charge is 2.25. The van der Waals surface area contributed by atoms with Crippen LogP contribution in [0.2, 0.25) is 0 Å². The van der Waals surface area contributed by atoms with Crippen LogP contribution >= 0.6 is 0 Å². The zero-order chi connectivity index (χ0) is 7.56. The first-order valence-electron chi connectivity index (χ1n) is 3.21. The van der Waals surface area contributed by atoms with Crippen LogP contribution in [0.4, 0.5) is 0 Å². The summed E-state index contributed by atoms with van der Waals surface area (Å²) >= 11 is 0. The van der Waals surface area contributed by atoms with Gasteiger partial charge in [0.2, 0.25) is 0 Å².